The Morgan fingerprint density at radius 2 is 1.96 bits per heavy atom. The van der Waals surface area contributed by atoms with Crippen LogP contribution in [0, 0.1) is 0 Å². The number of nitrogens with one attached hydrogen (secondary N) is 1. The third-order valence-corrected chi connectivity index (χ3v) is 3.29. The maximum absolute atomic E-state index is 5.74. The van der Waals surface area contributed by atoms with Crippen molar-refractivity contribution in [1.82, 2.24) is 25.6 Å². The summed E-state index contributed by atoms with van der Waals surface area (Å²) in [6, 6.07) is 9.59. The number of aromatic amines is 1. The van der Waals surface area contributed by atoms with E-state index in [2.05, 4.69) is 32.5 Å². The standard InChI is InChI=1S/C16H17N5O2/c1-3-8-23-15-9-11(5-7-14(15)22-2)13-6-4-12(10-17-13)16-18-20-21-19-16/h4-7,9-10H,3,8H2,1-2H3,(H,18,19,20,21). The van der Waals surface area contributed by atoms with Crippen LogP contribution in [0.1, 0.15) is 13.3 Å². The van der Waals surface area contributed by atoms with Gasteiger partial charge in [-0.2, -0.15) is 5.21 Å². The molecule has 23 heavy (non-hydrogen) atoms. The predicted octanol–water partition coefficient (Wildman–Crippen LogP) is 2.73. The van der Waals surface area contributed by atoms with Gasteiger partial charge in [-0.25, -0.2) is 0 Å². The zero-order chi connectivity index (χ0) is 16.1. The van der Waals surface area contributed by atoms with Crippen LogP contribution in [-0.2, 0) is 0 Å². The maximum atomic E-state index is 5.74. The first-order valence-electron chi connectivity index (χ1n) is 7.33. The predicted molar refractivity (Wildman–Crippen MR) is 85.2 cm³/mol. The number of tetrazole rings is 1. The molecular weight excluding hydrogens is 294 g/mol. The Bertz CT molecular complexity index is 757. The number of aromatic nitrogens is 5. The third kappa shape index (κ3) is 3.28. The lowest BCUT2D eigenvalue weighted by molar-refractivity contribution is 0.294. The quantitative estimate of drug-likeness (QED) is 0.753. The van der Waals surface area contributed by atoms with Gasteiger partial charge in [0.05, 0.1) is 19.4 Å². The second kappa shape index (κ2) is 6.87. The van der Waals surface area contributed by atoms with Gasteiger partial charge in [0.15, 0.2) is 11.5 Å². The van der Waals surface area contributed by atoms with Crippen molar-refractivity contribution in [2.24, 2.45) is 0 Å². The Labute approximate surface area is 133 Å². The fourth-order valence-electron chi connectivity index (χ4n) is 2.14. The molecule has 0 saturated heterocycles. The summed E-state index contributed by atoms with van der Waals surface area (Å²) in [5.74, 6) is 1.95. The van der Waals surface area contributed by atoms with Crippen LogP contribution >= 0.6 is 0 Å². The molecule has 0 aliphatic heterocycles. The normalized spacial score (nSPS) is 10.5. The summed E-state index contributed by atoms with van der Waals surface area (Å²) >= 11 is 0. The van der Waals surface area contributed by atoms with E-state index < -0.39 is 0 Å². The van der Waals surface area contributed by atoms with E-state index in [1.807, 2.05) is 30.3 Å². The second-order valence-electron chi connectivity index (χ2n) is 4.88. The van der Waals surface area contributed by atoms with Gasteiger partial charge in [0.2, 0.25) is 5.82 Å². The van der Waals surface area contributed by atoms with Gasteiger partial charge in [-0.1, -0.05) is 6.92 Å². The zero-order valence-corrected chi connectivity index (χ0v) is 13.0. The Kier molecular flexibility index (Phi) is 4.46. The Balaban J connectivity index is 1.88. The summed E-state index contributed by atoms with van der Waals surface area (Å²) < 4.78 is 11.1. The Morgan fingerprint density at radius 1 is 1.09 bits per heavy atom. The Morgan fingerprint density at radius 3 is 2.61 bits per heavy atom. The number of hydrogen-bond acceptors (Lipinski definition) is 6. The SMILES string of the molecule is CCCOc1cc(-c2ccc(-c3nn[nH]n3)cn2)ccc1OC. The van der Waals surface area contributed by atoms with Crippen molar-refractivity contribution < 1.29 is 9.47 Å². The van der Waals surface area contributed by atoms with Crippen molar-refractivity contribution in [2.45, 2.75) is 13.3 Å². The summed E-state index contributed by atoms with van der Waals surface area (Å²) in [6.07, 6.45) is 2.65. The van der Waals surface area contributed by atoms with Gasteiger partial charge < -0.3 is 9.47 Å². The summed E-state index contributed by atoms with van der Waals surface area (Å²) in [5, 5.41) is 13.8. The molecule has 7 nitrogen and oxygen atoms in total. The highest BCUT2D eigenvalue weighted by Crippen LogP contribution is 2.32. The minimum Gasteiger partial charge on any atom is -0.493 e. The van der Waals surface area contributed by atoms with E-state index in [4.69, 9.17) is 9.47 Å². The van der Waals surface area contributed by atoms with E-state index in [0.29, 0.717) is 18.2 Å². The van der Waals surface area contributed by atoms with Crippen LogP contribution in [0.15, 0.2) is 36.5 Å². The number of rotatable bonds is 6. The van der Waals surface area contributed by atoms with Gasteiger partial charge in [0, 0.05) is 17.3 Å². The fraction of sp³-hybridized carbons (Fsp3) is 0.250. The van der Waals surface area contributed by atoms with E-state index in [-0.39, 0.29) is 0 Å². The maximum Gasteiger partial charge on any atom is 0.206 e. The van der Waals surface area contributed by atoms with E-state index in [1.54, 1.807) is 13.3 Å². The number of H-pyrrole nitrogens is 1. The monoisotopic (exact) mass is 311 g/mol. The Hall–Kier alpha value is -2.96. The van der Waals surface area contributed by atoms with Gasteiger partial charge in [-0.15, -0.1) is 10.2 Å². The van der Waals surface area contributed by atoms with E-state index in [1.165, 1.54) is 0 Å². The van der Waals surface area contributed by atoms with Crippen molar-refractivity contribution >= 4 is 0 Å². The number of pyridine rings is 1. The summed E-state index contributed by atoms with van der Waals surface area (Å²) in [6.45, 7) is 2.71. The van der Waals surface area contributed by atoms with Crippen molar-refractivity contribution in [1.29, 1.82) is 0 Å². The molecule has 3 rings (SSSR count). The molecule has 1 N–H and O–H groups in total. The van der Waals surface area contributed by atoms with Crippen LogP contribution < -0.4 is 9.47 Å². The first-order valence-corrected chi connectivity index (χ1v) is 7.33. The average Bonchev–Trinajstić information content (AvgIpc) is 3.14. The summed E-state index contributed by atoms with van der Waals surface area (Å²) in [5.41, 5.74) is 2.59. The molecule has 0 fully saturated rings. The zero-order valence-electron chi connectivity index (χ0n) is 13.0. The van der Waals surface area contributed by atoms with E-state index in [0.717, 1.165) is 29.0 Å². The molecule has 7 heteroatoms. The summed E-state index contributed by atoms with van der Waals surface area (Å²) in [4.78, 5) is 4.46. The van der Waals surface area contributed by atoms with Gasteiger partial charge in [0.25, 0.3) is 0 Å². The van der Waals surface area contributed by atoms with Crippen LogP contribution in [0.3, 0.4) is 0 Å². The highest BCUT2D eigenvalue weighted by Gasteiger charge is 2.09. The van der Waals surface area contributed by atoms with Gasteiger partial charge in [-0.3, -0.25) is 4.98 Å². The molecule has 0 radical (unpaired) electrons. The van der Waals surface area contributed by atoms with Gasteiger partial charge in [-0.05, 0) is 42.0 Å². The highest BCUT2D eigenvalue weighted by molar-refractivity contribution is 5.66. The molecule has 0 bridgehead atoms. The molecule has 0 unspecified atom stereocenters. The molecular formula is C16H17N5O2. The number of benzene rings is 1. The second-order valence-corrected chi connectivity index (χ2v) is 4.88. The van der Waals surface area contributed by atoms with Crippen LogP contribution in [0.25, 0.3) is 22.6 Å². The number of nitrogens with zero attached hydrogens (tertiary/aromatic N) is 4. The highest BCUT2D eigenvalue weighted by atomic mass is 16.5. The lowest BCUT2D eigenvalue weighted by atomic mass is 10.1. The molecule has 0 aliphatic carbocycles. The minimum atomic E-state index is 0.519. The first kappa shape index (κ1) is 15.0. The molecule has 2 aromatic heterocycles. The topological polar surface area (TPSA) is 85.8 Å². The van der Waals surface area contributed by atoms with Crippen LogP contribution in [0.5, 0.6) is 11.5 Å². The minimum absolute atomic E-state index is 0.519. The van der Waals surface area contributed by atoms with Crippen molar-refractivity contribution in [3.63, 3.8) is 0 Å². The van der Waals surface area contributed by atoms with E-state index in [9.17, 15) is 0 Å². The first-order chi connectivity index (χ1) is 11.3. The number of ether oxygens (including phenoxy) is 2. The van der Waals surface area contributed by atoms with Crippen LogP contribution in [-0.4, -0.2) is 39.3 Å². The van der Waals surface area contributed by atoms with E-state index >= 15 is 0 Å². The molecule has 0 atom stereocenters. The molecule has 0 aliphatic rings. The smallest absolute Gasteiger partial charge is 0.206 e. The number of methoxy groups -OCH3 is 1. The van der Waals surface area contributed by atoms with Gasteiger partial charge >= 0.3 is 0 Å². The fourth-order valence-corrected chi connectivity index (χ4v) is 2.14. The van der Waals surface area contributed by atoms with Crippen LogP contribution in [0.4, 0.5) is 0 Å². The van der Waals surface area contributed by atoms with Crippen molar-refractivity contribution in [3.05, 3.63) is 36.5 Å². The lowest BCUT2D eigenvalue weighted by Gasteiger charge is -2.11. The molecule has 118 valence electrons. The molecule has 0 amide bonds. The van der Waals surface area contributed by atoms with Crippen molar-refractivity contribution in [2.75, 3.05) is 13.7 Å². The molecule has 1 aromatic carbocycles. The largest absolute Gasteiger partial charge is 0.493 e. The molecule has 2 heterocycles. The molecule has 0 saturated carbocycles. The van der Waals surface area contributed by atoms with Gasteiger partial charge in [0.1, 0.15) is 0 Å². The average molecular weight is 311 g/mol. The molecule has 0 spiro atoms. The van der Waals surface area contributed by atoms with Crippen LogP contribution in [0.2, 0.25) is 0 Å². The lowest BCUT2D eigenvalue weighted by Crippen LogP contribution is -1.98. The third-order valence-electron chi connectivity index (χ3n) is 3.29. The summed E-state index contributed by atoms with van der Waals surface area (Å²) in [7, 11) is 1.63. The van der Waals surface area contributed by atoms with Crippen molar-refractivity contribution in [3.8, 4) is 34.1 Å². The number of hydrogen-bond donors (Lipinski definition) is 1. The molecule has 3 aromatic rings.